The van der Waals surface area contributed by atoms with E-state index < -0.39 is 6.10 Å². The number of ether oxygens (including phenoxy) is 2. The van der Waals surface area contributed by atoms with Gasteiger partial charge in [-0.3, -0.25) is 0 Å². The molecule has 1 aromatic rings. The average molecular weight is 184 g/mol. The summed E-state index contributed by atoms with van der Waals surface area (Å²) in [4.78, 5) is 7.70. The molecule has 72 valence electrons. The molecule has 0 amide bonds. The highest BCUT2D eigenvalue weighted by atomic mass is 16.5. The third kappa shape index (κ3) is 2.64. The molecule has 0 aliphatic heterocycles. The molecule has 0 saturated carbocycles. The Balaban J connectivity index is 2.75. The summed E-state index contributed by atoms with van der Waals surface area (Å²) in [5.41, 5.74) is 0.494. The zero-order valence-electron chi connectivity index (χ0n) is 7.60. The molecular formula is C8H12N2O3. The van der Waals surface area contributed by atoms with E-state index in [2.05, 4.69) is 9.97 Å². The van der Waals surface area contributed by atoms with Crippen LogP contribution >= 0.6 is 0 Å². The van der Waals surface area contributed by atoms with Gasteiger partial charge < -0.3 is 14.6 Å². The van der Waals surface area contributed by atoms with Crippen LogP contribution in [0.1, 0.15) is 11.8 Å². The second-order valence-electron chi connectivity index (χ2n) is 2.46. The van der Waals surface area contributed by atoms with Crippen LogP contribution in [0.5, 0.6) is 5.88 Å². The summed E-state index contributed by atoms with van der Waals surface area (Å²) < 4.78 is 9.66. The number of aromatic nitrogens is 2. The Morgan fingerprint density at radius 3 is 2.85 bits per heavy atom. The largest absolute Gasteiger partial charge is 0.481 e. The van der Waals surface area contributed by atoms with Crippen molar-refractivity contribution in [3.63, 3.8) is 0 Å². The van der Waals surface area contributed by atoms with Crippen LogP contribution in [0.3, 0.4) is 0 Å². The molecule has 0 bridgehead atoms. The van der Waals surface area contributed by atoms with E-state index >= 15 is 0 Å². The average Bonchev–Trinajstić information content (AvgIpc) is 2.18. The molecule has 0 aromatic carbocycles. The second kappa shape index (κ2) is 4.74. The Labute approximate surface area is 76.4 Å². The predicted octanol–water partition coefficient (Wildman–Crippen LogP) is 0.165. The fourth-order valence-corrected chi connectivity index (χ4v) is 0.891. The number of rotatable bonds is 4. The highest BCUT2D eigenvalue weighted by molar-refractivity contribution is 5.15. The van der Waals surface area contributed by atoms with Crippen molar-refractivity contribution in [2.45, 2.75) is 6.10 Å². The molecule has 13 heavy (non-hydrogen) atoms. The molecule has 0 spiro atoms. The van der Waals surface area contributed by atoms with Crippen LogP contribution in [0.4, 0.5) is 0 Å². The Kier molecular flexibility index (Phi) is 3.60. The lowest BCUT2D eigenvalue weighted by atomic mass is 10.2. The van der Waals surface area contributed by atoms with E-state index in [-0.39, 0.29) is 6.61 Å². The number of methoxy groups -OCH3 is 2. The lowest BCUT2D eigenvalue weighted by Gasteiger charge is -2.08. The van der Waals surface area contributed by atoms with Gasteiger partial charge in [0.25, 0.3) is 0 Å². The number of aliphatic hydroxyl groups is 1. The van der Waals surface area contributed by atoms with Gasteiger partial charge in [0.05, 0.1) is 19.4 Å². The van der Waals surface area contributed by atoms with Crippen LogP contribution < -0.4 is 4.74 Å². The molecule has 1 atom stereocenters. The van der Waals surface area contributed by atoms with E-state index in [9.17, 15) is 5.11 Å². The van der Waals surface area contributed by atoms with Gasteiger partial charge in [0.2, 0.25) is 5.88 Å². The molecule has 1 aromatic heterocycles. The smallest absolute Gasteiger partial charge is 0.216 e. The lowest BCUT2D eigenvalue weighted by molar-refractivity contribution is 0.0614. The molecule has 0 saturated heterocycles. The van der Waals surface area contributed by atoms with Crippen LogP contribution in [-0.2, 0) is 4.74 Å². The maximum atomic E-state index is 9.47. The maximum absolute atomic E-state index is 9.47. The van der Waals surface area contributed by atoms with Crippen molar-refractivity contribution in [1.29, 1.82) is 0 Å². The molecular weight excluding hydrogens is 172 g/mol. The van der Waals surface area contributed by atoms with E-state index in [1.807, 2.05) is 0 Å². The Morgan fingerprint density at radius 2 is 2.23 bits per heavy atom. The molecule has 1 N–H and O–H groups in total. The third-order valence-corrected chi connectivity index (χ3v) is 1.54. The van der Waals surface area contributed by atoms with Gasteiger partial charge in [0.15, 0.2) is 0 Å². The zero-order chi connectivity index (χ0) is 9.68. The van der Waals surface area contributed by atoms with E-state index in [1.165, 1.54) is 20.5 Å². The standard InChI is InChI=1S/C8H12N2O3/c1-12-4-7(11)6-3-8(13-2)10-5-9-6/h3,5,7,11H,4H2,1-2H3. The highest BCUT2D eigenvalue weighted by Gasteiger charge is 2.09. The van der Waals surface area contributed by atoms with E-state index in [1.54, 1.807) is 6.07 Å². The Hall–Kier alpha value is -1.20. The van der Waals surface area contributed by atoms with Gasteiger partial charge in [0.1, 0.15) is 12.4 Å². The van der Waals surface area contributed by atoms with Crippen LogP contribution in [-0.4, -0.2) is 35.9 Å². The van der Waals surface area contributed by atoms with Crippen LogP contribution in [0.25, 0.3) is 0 Å². The minimum absolute atomic E-state index is 0.208. The first-order chi connectivity index (χ1) is 6.27. The Morgan fingerprint density at radius 1 is 1.46 bits per heavy atom. The Bertz CT molecular complexity index is 267. The first-order valence-electron chi connectivity index (χ1n) is 3.81. The van der Waals surface area contributed by atoms with Crippen molar-refractivity contribution in [2.24, 2.45) is 0 Å². The highest BCUT2D eigenvalue weighted by Crippen LogP contribution is 2.13. The monoisotopic (exact) mass is 184 g/mol. The van der Waals surface area contributed by atoms with E-state index in [4.69, 9.17) is 9.47 Å². The number of aliphatic hydroxyl groups excluding tert-OH is 1. The maximum Gasteiger partial charge on any atom is 0.216 e. The van der Waals surface area contributed by atoms with Crippen molar-refractivity contribution in [1.82, 2.24) is 9.97 Å². The van der Waals surface area contributed by atoms with Crippen LogP contribution in [0, 0.1) is 0 Å². The summed E-state index contributed by atoms with van der Waals surface area (Å²) in [6, 6.07) is 1.57. The topological polar surface area (TPSA) is 64.5 Å². The number of hydrogen-bond acceptors (Lipinski definition) is 5. The summed E-state index contributed by atoms with van der Waals surface area (Å²) in [6.45, 7) is 0.208. The molecule has 0 aliphatic carbocycles. The summed E-state index contributed by atoms with van der Waals surface area (Å²) in [5, 5.41) is 9.47. The minimum atomic E-state index is -0.734. The lowest BCUT2D eigenvalue weighted by Crippen LogP contribution is -2.07. The quantitative estimate of drug-likeness (QED) is 0.722. The van der Waals surface area contributed by atoms with Gasteiger partial charge in [-0.15, -0.1) is 0 Å². The van der Waals surface area contributed by atoms with E-state index in [0.29, 0.717) is 11.6 Å². The van der Waals surface area contributed by atoms with Gasteiger partial charge in [-0.25, -0.2) is 9.97 Å². The first kappa shape index (κ1) is 9.88. The molecule has 5 heteroatoms. The van der Waals surface area contributed by atoms with Crippen molar-refractivity contribution in [3.05, 3.63) is 18.1 Å². The fraction of sp³-hybridized carbons (Fsp3) is 0.500. The van der Waals surface area contributed by atoms with Crippen molar-refractivity contribution in [3.8, 4) is 5.88 Å². The van der Waals surface area contributed by atoms with Crippen LogP contribution in [0.2, 0.25) is 0 Å². The molecule has 0 aliphatic rings. The number of hydrogen-bond donors (Lipinski definition) is 1. The molecule has 0 radical (unpaired) electrons. The van der Waals surface area contributed by atoms with Gasteiger partial charge in [0, 0.05) is 13.2 Å². The van der Waals surface area contributed by atoms with Crippen molar-refractivity contribution in [2.75, 3.05) is 20.8 Å². The molecule has 1 heterocycles. The SMILES string of the molecule is COCC(O)c1cc(OC)ncn1. The molecule has 1 unspecified atom stereocenters. The van der Waals surface area contributed by atoms with E-state index in [0.717, 1.165) is 0 Å². The normalized spacial score (nSPS) is 12.5. The third-order valence-electron chi connectivity index (χ3n) is 1.54. The fourth-order valence-electron chi connectivity index (χ4n) is 0.891. The predicted molar refractivity (Wildman–Crippen MR) is 45.4 cm³/mol. The zero-order valence-corrected chi connectivity index (χ0v) is 7.60. The van der Waals surface area contributed by atoms with Crippen molar-refractivity contribution < 1.29 is 14.6 Å². The summed E-state index contributed by atoms with van der Waals surface area (Å²) in [6.07, 6.45) is 0.606. The first-order valence-corrected chi connectivity index (χ1v) is 3.81. The van der Waals surface area contributed by atoms with Crippen molar-refractivity contribution >= 4 is 0 Å². The summed E-state index contributed by atoms with van der Waals surface area (Å²) in [5.74, 6) is 0.431. The minimum Gasteiger partial charge on any atom is -0.481 e. The van der Waals surface area contributed by atoms with Crippen LogP contribution in [0.15, 0.2) is 12.4 Å². The summed E-state index contributed by atoms with van der Waals surface area (Å²) in [7, 11) is 3.02. The molecule has 5 nitrogen and oxygen atoms in total. The molecule has 0 fully saturated rings. The van der Waals surface area contributed by atoms with Gasteiger partial charge in [-0.2, -0.15) is 0 Å². The second-order valence-corrected chi connectivity index (χ2v) is 2.46. The number of nitrogens with zero attached hydrogens (tertiary/aromatic N) is 2. The molecule has 1 rings (SSSR count). The van der Waals surface area contributed by atoms with Gasteiger partial charge >= 0.3 is 0 Å². The summed E-state index contributed by atoms with van der Waals surface area (Å²) >= 11 is 0. The van der Waals surface area contributed by atoms with Gasteiger partial charge in [-0.1, -0.05) is 0 Å². The van der Waals surface area contributed by atoms with Gasteiger partial charge in [-0.05, 0) is 0 Å².